The van der Waals surface area contributed by atoms with E-state index in [4.69, 9.17) is 0 Å². The average molecular weight is 273 g/mol. The quantitative estimate of drug-likeness (QED) is 0.466. The van der Waals surface area contributed by atoms with Gasteiger partial charge in [0.2, 0.25) is 0 Å². The van der Waals surface area contributed by atoms with Crippen molar-refractivity contribution in [2.45, 2.75) is 27.2 Å². The monoisotopic (exact) mass is 272 g/mol. The first-order chi connectivity index (χ1) is 7.14. The molecule has 0 radical (unpaired) electrons. The molecule has 1 heteroatoms. The van der Waals surface area contributed by atoms with Crippen molar-refractivity contribution in [2.24, 2.45) is 5.92 Å². The Balaban J connectivity index is -0.000000158. The van der Waals surface area contributed by atoms with Crippen molar-refractivity contribution in [3.05, 3.63) is 50.1 Å². The van der Waals surface area contributed by atoms with E-state index in [-0.39, 0.29) is 0 Å². The molecule has 0 aliphatic carbocycles. The molecule has 0 N–H and O–H groups in total. The van der Waals surface area contributed by atoms with Crippen LogP contribution >= 0.6 is 15.9 Å². The van der Waals surface area contributed by atoms with Gasteiger partial charge in [-0.05, 0) is 26.2 Å². The van der Waals surface area contributed by atoms with Crippen molar-refractivity contribution in [3.8, 4) is 0 Å². The summed E-state index contributed by atoms with van der Waals surface area (Å²) in [5.41, 5.74) is 0. The zero-order chi connectivity index (χ0) is 12.5. The predicted molar refractivity (Wildman–Crippen MR) is 78.7 cm³/mol. The Hall–Kier alpha value is -0.560. The minimum Gasteiger partial charge on any atom is -0.103 e. The zero-order valence-corrected chi connectivity index (χ0v) is 12.0. The van der Waals surface area contributed by atoms with Gasteiger partial charge in [0.15, 0.2) is 0 Å². The number of halogens is 1. The van der Waals surface area contributed by atoms with Crippen LogP contribution in [0.4, 0.5) is 0 Å². The van der Waals surface area contributed by atoms with Crippen molar-refractivity contribution in [1.29, 1.82) is 0 Å². The molecule has 0 amide bonds. The van der Waals surface area contributed by atoms with E-state index in [1.54, 1.807) is 6.08 Å². The molecular formula is C14H25Br. The molecule has 1 unspecified atom stereocenters. The molecule has 0 fully saturated rings. The van der Waals surface area contributed by atoms with Gasteiger partial charge >= 0.3 is 0 Å². The first-order valence-electron chi connectivity index (χ1n) is 5.13. The fourth-order valence-electron chi connectivity index (χ4n) is 0.459. The van der Waals surface area contributed by atoms with E-state index < -0.39 is 0 Å². The maximum Gasteiger partial charge on any atom is 0.00658 e. The van der Waals surface area contributed by atoms with E-state index in [0.29, 0.717) is 5.92 Å². The maximum absolute atomic E-state index is 3.63. The number of alkyl halides is 1. The van der Waals surface area contributed by atoms with Gasteiger partial charge < -0.3 is 0 Å². The molecule has 0 spiro atoms. The second kappa shape index (κ2) is 23.3. The molecule has 1 atom stereocenters. The predicted octanol–water partition coefficient (Wildman–Crippen LogP) is 5.53. The van der Waals surface area contributed by atoms with Gasteiger partial charge in [0.1, 0.15) is 0 Å². The highest BCUT2D eigenvalue weighted by Crippen LogP contribution is 1.95. The van der Waals surface area contributed by atoms with E-state index in [2.05, 4.69) is 48.7 Å². The fraction of sp³-hybridized carbons (Fsp3) is 0.429. The number of allylic oxidation sites excluding steroid dienone is 5. The van der Waals surface area contributed by atoms with E-state index in [1.165, 1.54) is 0 Å². The molecule has 0 heterocycles. The minimum atomic E-state index is 0.532. The Morgan fingerprint density at radius 1 is 1.20 bits per heavy atom. The van der Waals surface area contributed by atoms with Crippen LogP contribution in [-0.4, -0.2) is 5.33 Å². The van der Waals surface area contributed by atoms with Gasteiger partial charge in [-0.25, -0.2) is 0 Å². The Kier molecular flexibility index (Phi) is 31.0. The third-order valence-electron chi connectivity index (χ3n) is 1.18. The molecule has 0 rings (SSSR count). The lowest BCUT2D eigenvalue weighted by atomic mass is 10.2. The highest BCUT2D eigenvalue weighted by Gasteiger charge is 1.81. The molecule has 88 valence electrons. The third kappa shape index (κ3) is 42.4. The van der Waals surface area contributed by atoms with Crippen molar-refractivity contribution in [1.82, 2.24) is 0 Å². The first-order valence-corrected chi connectivity index (χ1v) is 6.25. The normalized spacial score (nSPS) is 10.1. The highest BCUT2D eigenvalue weighted by molar-refractivity contribution is 9.09. The summed E-state index contributed by atoms with van der Waals surface area (Å²) in [5, 5.41) is 1.04. The van der Waals surface area contributed by atoms with Crippen molar-refractivity contribution >= 4 is 15.9 Å². The van der Waals surface area contributed by atoms with Crippen LogP contribution in [0.3, 0.4) is 0 Å². The maximum atomic E-state index is 3.63. The standard InChI is InChI=1S/C7H12.C4H7Br.C3H6/c1-4-6-7(3)5-2;1-2-3-4-5;1-3-2/h4-7H,2H2,1,3H3;2H,1,3-4H2;3H,1H2,2H3/b6-4+;;. The molecule has 0 saturated carbocycles. The van der Waals surface area contributed by atoms with Gasteiger partial charge in [-0.3, -0.25) is 0 Å². The van der Waals surface area contributed by atoms with E-state index >= 15 is 0 Å². The lowest BCUT2D eigenvalue weighted by Crippen LogP contribution is -1.76. The number of rotatable bonds is 4. The van der Waals surface area contributed by atoms with Crippen molar-refractivity contribution in [3.63, 3.8) is 0 Å². The molecule has 0 bridgehead atoms. The molecule has 0 nitrogen and oxygen atoms in total. The molecule has 0 aliphatic heterocycles. The van der Waals surface area contributed by atoms with E-state index in [9.17, 15) is 0 Å². The van der Waals surface area contributed by atoms with E-state index in [1.807, 2.05) is 32.1 Å². The Labute approximate surface area is 105 Å². The van der Waals surface area contributed by atoms with Gasteiger partial charge in [0.25, 0.3) is 0 Å². The summed E-state index contributed by atoms with van der Waals surface area (Å²) in [4.78, 5) is 0. The highest BCUT2D eigenvalue weighted by atomic mass is 79.9. The first kappa shape index (κ1) is 19.9. The van der Waals surface area contributed by atoms with Crippen LogP contribution < -0.4 is 0 Å². The lowest BCUT2D eigenvalue weighted by molar-refractivity contribution is 0.941. The number of hydrogen-bond donors (Lipinski definition) is 0. The Morgan fingerprint density at radius 2 is 1.67 bits per heavy atom. The summed E-state index contributed by atoms with van der Waals surface area (Å²) in [7, 11) is 0. The second-order valence-electron chi connectivity index (χ2n) is 2.80. The Morgan fingerprint density at radius 3 is 1.73 bits per heavy atom. The van der Waals surface area contributed by atoms with Gasteiger partial charge in [-0.1, -0.05) is 53.2 Å². The van der Waals surface area contributed by atoms with Crippen LogP contribution in [0.25, 0.3) is 0 Å². The van der Waals surface area contributed by atoms with E-state index in [0.717, 1.165) is 11.8 Å². The van der Waals surface area contributed by atoms with Crippen LogP contribution in [-0.2, 0) is 0 Å². The van der Waals surface area contributed by atoms with Crippen LogP contribution in [0.2, 0.25) is 0 Å². The van der Waals surface area contributed by atoms with Gasteiger partial charge in [-0.2, -0.15) is 0 Å². The summed E-state index contributed by atoms with van der Waals surface area (Å²) >= 11 is 3.24. The molecule has 15 heavy (non-hydrogen) atoms. The summed E-state index contributed by atoms with van der Waals surface area (Å²) in [6.45, 7) is 16.5. The van der Waals surface area contributed by atoms with Crippen LogP contribution in [0, 0.1) is 5.92 Å². The molecular weight excluding hydrogens is 248 g/mol. The molecule has 0 aliphatic rings. The molecule has 0 saturated heterocycles. The van der Waals surface area contributed by atoms with Crippen LogP contribution in [0.15, 0.2) is 50.1 Å². The Bertz CT molecular complexity index is 157. The average Bonchev–Trinajstić information content (AvgIpc) is 2.21. The number of hydrogen-bond acceptors (Lipinski definition) is 0. The van der Waals surface area contributed by atoms with Crippen molar-refractivity contribution in [2.75, 3.05) is 5.33 Å². The van der Waals surface area contributed by atoms with Gasteiger partial charge in [0, 0.05) is 5.33 Å². The third-order valence-corrected chi connectivity index (χ3v) is 1.64. The SMILES string of the molecule is C=CC.C=CC(C)/C=C/C.C=CCCBr. The van der Waals surface area contributed by atoms with Gasteiger partial charge in [-0.15, -0.1) is 19.7 Å². The summed E-state index contributed by atoms with van der Waals surface area (Å²) in [6, 6.07) is 0. The van der Waals surface area contributed by atoms with Crippen molar-refractivity contribution < 1.29 is 0 Å². The second-order valence-corrected chi connectivity index (χ2v) is 3.59. The lowest BCUT2D eigenvalue weighted by Gasteiger charge is -1.90. The van der Waals surface area contributed by atoms with Gasteiger partial charge in [0.05, 0.1) is 0 Å². The van der Waals surface area contributed by atoms with Crippen LogP contribution in [0.1, 0.15) is 27.2 Å². The topological polar surface area (TPSA) is 0 Å². The van der Waals surface area contributed by atoms with Crippen LogP contribution in [0.5, 0.6) is 0 Å². The summed E-state index contributed by atoms with van der Waals surface area (Å²) < 4.78 is 0. The summed E-state index contributed by atoms with van der Waals surface area (Å²) in [5.74, 6) is 0.532. The molecule has 0 aromatic carbocycles. The smallest absolute Gasteiger partial charge is 0.00658 e. The minimum absolute atomic E-state index is 0.532. The molecule has 0 aromatic rings. The largest absolute Gasteiger partial charge is 0.103 e. The molecule has 0 aromatic heterocycles. The zero-order valence-electron chi connectivity index (χ0n) is 10.4. The fourth-order valence-corrected chi connectivity index (χ4v) is 0.783. The summed E-state index contributed by atoms with van der Waals surface area (Å²) in [6.07, 6.45) is 10.8.